The Labute approximate surface area is 107 Å². The molecule has 18 heavy (non-hydrogen) atoms. The summed E-state index contributed by atoms with van der Waals surface area (Å²) in [5, 5.41) is 1.92. The fourth-order valence-corrected chi connectivity index (χ4v) is 4.44. The zero-order valence-corrected chi connectivity index (χ0v) is 11.2. The summed E-state index contributed by atoms with van der Waals surface area (Å²) in [6.07, 6.45) is 4.13. The molecule has 6 heteroatoms. The third-order valence-corrected chi connectivity index (χ3v) is 5.94. The predicted octanol–water partition coefficient (Wildman–Crippen LogP) is 0.582. The molecule has 102 valence electrons. The van der Waals surface area contributed by atoms with Gasteiger partial charge in [0, 0.05) is 18.9 Å². The van der Waals surface area contributed by atoms with Gasteiger partial charge in [-0.05, 0) is 25.7 Å². The highest BCUT2D eigenvalue weighted by atomic mass is 32.2. The highest BCUT2D eigenvalue weighted by Crippen LogP contribution is 2.21. The third kappa shape index (κ3) is 3.10. The maximum Gasteiger partial charge on any atom is 0.238 e. The average molecular weight is 273 g/mol. The summed E-state index contributed by atoms with van der Waals surface area (Å²) in [6, 6.07) is -0.0349. The summed E-state index contributed by atoms with van der Waals surface area (Å²) in [5.41, 5.74) is 0. The van der Waals surface area contributed by atoms with Crippen LogP contribution in [0.4, 0.5) is 0 Å². The van der Waals surface area contributed by atoms with Crippen molar-refractivity contribution in [1.29, 1.82) is 0 Å². The van der Waals surface area contributed by atoms with E-state index in [1.165, 1.54) is 0 Å². The molecule has 1 N–H and O–H groups in total. The summed E-state index contributed by atoms with van der Waals surface area (Å²) in [5.74, 6) is -0.0198. The fraction of sp³-hybridized carbons (Fsp3) is 0.833. The maximum atomic E-state index is 12.0. The maximum absolute atomic E-state index is 12.0. The van der Waals surface area contributed by atoms with Crippen molar-refractivity contribution in [1.82, 2.24) is 5.32 Å². The van der Waals surface area contributed by atoms with Crippen LogP contribution < -0.4 is 5.32 Å². The molecule has 2 fully saturated rings. The van der Waals surface area contributed by atoms with E-state index in [2.05, 4.69) is 5.32 Å². The van der Waals surface area contributed by atoms with E-state index in [9.17, 15) is 18.0 Å². The number of hydrogen-bond donors (Lipinski definition) is 1. The number of sulfone groups is 1. The first kappa shape index (κ1) is 13.5. The third-order valence-electron chi connectivity index (χ3n) is 3.76. The number of hydrogen-bond acceptors (Lipinski definition) is 4. The second kappa shape index (κ2) is 5.38. The van der Waals surface area contributed by atoms with Gasteiger partial charge < -0.3 is 5.32 Å². The Morgan fingerprint density at radius 3 is 2.39 bits per heavy atom. The molecule has 0 aromatic carbocycles. The average Bonchev–Trinajstić information content (AvgIpc) is 2.31. The lowest BCUT2D eigenvalue weighted by Gasteiger charge is -2.26. The number of ketones is 1. The van der Waals surface area contributed by atoms with E-state index in [1.807, 2.05) is 0 Å². The van der Waals surface area contributed by atoms with Crippen molar-refractivity contribution >= 4 is 21.5 Å². The molecule has 1 saturated heterocycles. The summed E-state index contributed by atoms with van der Waals surface area (Å²) < 4.78 is 23.6. The van der Waals surface area contributed by atoms with Gasteiger partial charge in [-0.3, -0.25) is 9.59 Å². The molecule has 0 radical (unpaired) electrons. The number of carbonyl (C=O) groups is 2. The first-order valence-corrected chi connectivity index (χ1v) is 8.24. The smallest absolute Gasteiger partial charge is 0.238 e. The second-order valence-electron chi connectivity index (χ2n) is 5.17. The number of rotatable bonds is 2. The molecule has 1 heterocycles. The highest BCUT2D eigenvalue weighted by molar-refractivity contribution is 7.92. The normalized spacial score (nSPS) is 28.9. The van der Waals surface area contributed by atoms with Gasteiger partial charge in [-0.25, -0.2) is 8.42 Å². The molecule has 0 aromatic rings. The SMILES string of the molecule is O=C1CCC(NC(=O)C2CCCCS2(=O)=O)CC1. The van der Waals surface area contributed by atoms with Crippen LogP contribution in [0, 0.1) is 0 Å². The lowest BCUT2D eigenvalue weighted by Crippen LogP contribution is -2.47. The highest BCUT2D eigenvalue weighted by Gasteiger charge is 2.35. The van der Waals surface area contributed by atoms with E-state index >= 15 is 0 Å². The van der Waals surface area contributed by atoms with Crippen molar-refractivity contribution in [3.63, 3.8) is 0 Å². The number of nitrogens with one attached hydrogen (secondary N) is 1. The molecule has 1 aliphatic carbocycles. The summed E-state index contributed by atoms with van der Waals surface area (Å²) in [6.45, 7) is 0. The van der Waals surface area contributed by atoms with E-state index in [-0.39, 0.29) is 23.5 Å². The van der Waals surface area contributed by atoms with Crippen molar-refractivity contribution in [3.8, 4) is 0 Å². The Morgan fingerprint density at radius 1 is 1.11 bits per heavy atom. The van der Waals surface area contributed by atoms with Crippen LogP contribution >= 0.6 is 0 Å². The predicted molar refractivity (Wildman–Crippen MR) is 66.8 cm³/mol. The van der Waals surface area contributed by atoms with Gasteiger partial charge in [0.15, 0.2) is 9.84 Å². The van der Waals surface area contributed by atoms with Crippen LogP contribution in [0.15, 0.2) is 0 Å². The zero-order valence-electron chi connectivity index (χ0n) is 10.4. The van der Waals surface area contributed by atoms with Crippen molar-refractivity contribution in [2.75, 3.05) is 5.75 Å². The molecule has 0 aromatic heterocycles. The van der Waals surface area contributed by atoms with Gasteiger partial charge in [0.25, 0.3) is 0 Å². The van der Waals surface area contributed by atoms with Crippen LogP contribution in [0.1, 0.15) is 44.9 Å². The van der Waals surface area contributed by atoms with E-state index in [1.54, 1.807) is 0 Å². The molecule has 1 saturated carbocycles. The minimum absolute atomic E-state index is 0.0349. The largest absolute Gasteiger partial charge is 0.352 e. The number of carbonyl (C=O) groups excluding carboxylic acids is 2. The van der Waals surface area contributed by atoms with Crippen LogP contribution in [0.2, 0.25) is 0 Å². The van der Waals surface area contributed by atoms with Gasteiger partial charge >= 0.3 is 0 Å². The molecular formula is C12H19NO4S. The molecule has 2 aliphatic rings. The van der Waals surface area contributed by atoms with Crippen molar-refractivity contribution in [2.24, 2.45) is 0 Å². The lowest BCUT2D eigenvalue weighted by atomic mass is 9.94. The number of Topliss-reactive ketones (excluding diaryl/α,β-unsaturated/α-hetero) is 1. The molecule has 2 rings (SSSR count). The molecular weight excluding hydrogens is 254 g/mol. The molecule has 1 amide bonds. The topological polar surface area (TPSA) is 80.3 Å². The zero-order chi connectivity index (χ0) is 13.2. The Morgan fingerprint density at radius 2 is 1.78 bits per heavy atom. The van der Waals surface area contributed by atoms with Gasteiger partial charge in [-0.2, -0.15) is 0 Å². The van der Waals surface area contributed by atoms with Gasteiger partial charge in [-0.1, -0.05) is 6.42 Å². The van der Waals surface area contributed by atoms with Crippen molar-refractivity contribution in [2.45, 2.75) is 56.2 Å². The second-order valence-corrected chi connectivity index (χ2v) is 7.48. The molecule has 5 nitrogen and oxygen atoms in total. The molecule has 1 unspecified atom stereocenters. The van der Waals surface area contributed by atoms with Crippen LogP contribution in [-0.4, -0.2) is 37.2 Å². The van der Waals surface area contributed by atoms with Gasteiger partial charge in [0.05, 0.1) is 5.75 Å². The van der Waals surface area contributed by atoms with E-state index in [0.717, 1.165) is 6.42 Å². The Hall–Kier alpha value is -0.910. The minimum atomic E-state index is -3.26. The first-order chi connectivity index (χ1) is 8.49. The van der Waals surface area contributed by atoms with E-state index < -0.39 is 15.1 Å². The Kier molecular flexibility index (Phi) is 4.04. The van der Waals surface area contributed by atoms with Crippen molar-refractivity contribution < 1.29 is 18.0 Å². The van der Waals surface area contributed by atoms with Crippen LogP contribution in [0.3, 0.4) is 0 Å². The molecule has 0 spiro atoms. The molecule has 1 aliphatic heterocycles. The summed E-state index contributed by atoms with van der Waals surface area (Å²) >= 11 is 0. The minimum Gasteiger partial charge on any atom is -0.352 e. The van der Waals surface area contributed by atoms with Crippen LogP contribution in [0.5, 0.6) is 0 Å². The van der Waals surface area contributed by atoms with E-state index in [0.29, 0.717) is 38.5 Å². The first-order valence-electron chi connectivity index (χ1n) is 6.53. The van der Waals surface area contributed by atoms with Gasteiger partial charge in [0.2, 0.25) is 5.91 Å². The van der Waals surface area contributed by atoms with Crippen LogP contribution in [-0.2, 0) is 19.4 Å². The monoisotopic (exact) mass is 273 g/mol. The standard InChI is InChI=1S/C12H19NO4S/c14-10-6-4-9(5-7-10)13-12(15)11-3-1-2-8-18(11,16)17/h9,11H,1-8H2,(H,13,15). The lowest BCUT2D eigenvalue weighted by molar-refractivity contribution is -0.124. The van der Waals surface area contributed by atoms with Gasteiger partial charge in [0.1, 0.15) is 11.0 Å². The van der Waals surface area contributed by atoms with Gasteiger partial charge in [-0.15, -0.1) is 0 Å². The molecule has 0 bridgehead atoms. The van der Waals surface area contributed by atoms with Crippen molar-refractivity contribution in [3.05, 3.63) is 0 Å². The molecule has 1 atom stereocenters. The fourth-order valence-electron chi connectivity index (χ4n) is 2.63. The quantitative estimate of drug-likeness (QED) is 0.798. The Bertz CT molecular complexity index is 433. The summed E-state index contributed by atoms with van der Waals surface area (Å²) in [4.78, 5) is 23.1. The number of amides is 1. The summed E-state index contributed by atoms with van der Waals surface area (Å²) in [7, 11) is -3.26. The van der Waals surface area contributed by atoms with Crippen LogP contribution in [0.25, 0.3) is 0 Å². The Balaban J connectivity index is 1.93. The van der Waals surface area contributed by atoms with E-state index in [4.69, 9.17) is 0 Å².